The molecule has 0 fully saturated rings. The molecule has 2 aromatic carbocycles. The Morgan fingerprint density at radius 3 is 1.90 bits per heavy atom. The largest absolute Gasteiger partial charge is 0.507 e. The van der Waals surface area contributed by atoms with Crippen LogP contribution in [0.3, 0.4) is 0 Å². The Balaban J connectivity index is 1.99. The van der Waals surface area contributed by atoms with Crippen molar-refractivity contribution in [2.24, 2.45) is 5.41 Å². The molecule has 2 unspecified atom stereocenters. The zero-order valence-electron chi connectivity index (χ0n) is 16.6. The minimum absolute atomic E-state index is 0.0114. The van der Waals surface area contributed by atoms with Gasteiger partial charge in [-0.05, 0) is 37.3 Å². The van der Waals surface area contributed by atoms with Crippen LogP contribution in [-0.2, 0) is 0 Å². The molecular weight excluding hydrogens is 390 g/mol. The minimum Gasteiger partial charge on any atom is -0.507 e. The SMILES string of the molecule is CC1(C#N)C=CC(C#N)=CC1c1nc(-c2ccccc2O)nc(-c2ccccc2O)n1. The third-order valence-corrected chi connectivity index (χ3v) is 5.19. The average molecular weight is 407 g/mol. The zero-order chi connectivity index (χ0) is 22.0. The van der Waals surface area contributed by atoms with Gasteiger partial charge in [-0.25, -0.2) is 15.0 Å². The van der Waals surface area contributed by atoms with Crippen LogP contribution in [0.15, 0.2) is 72.3 Å². The van der Waals surface area contributed by atoms with Crippen molar-refractivity contribution < 1.29 is 10.2 Å². The van der Waals surface area contributed by atoms with Crippen LogP contribution in [0.4, 0.5) is 0 Å². The Morgan fingerprint density at radius 2 is 1.42 bits per heavy atom. The summed E-state index contributed by atoms with van der Waals surface area (Å²) in [6.07, 6.45) is 4.93. The number of para-hydroxylation sites is 2. The number of benzene rings is 2. The molecule has 3 aromatic rings. The molecule has 31 heavy (non-hydrogen) atoms. The van der Waals surface area contributed by atoms with Crippen molar-refractivity contribution in [2.75, 3.05) is 0 Å². The number of phenolic OH excluding ortho intramolecular Hbond substituents is 2. The fraction of sp³-hybridized carbons (Fsp3) is 0.125. The molecule has 7 heteroatoms. The highest BCUT2D eigenvalue weighted by Crippen LogP contribution is 2.41. The molecule has 0 bridgehead atoms. The van der Waals surface area contributed by atoms with Crippen molar-refractivity contribution in [3.8, 4) is 46.4 Å². The van der Waals surface area contributed by atoms with E-state index in [0.29, 0.717) is 16.7 Å². The normalized spacial score (nSPS) is 19.8. The summed E-state index contributed by atoms with van der Waals surface area (Å²) in [6, 6.07) is 17.6. The number of aromatic hydroxyl groups is 2. The van der Waals surface area contributed by atoms with Gasteiger partial charge in [0, 0.05) is 5.57 Å². The number of aromatic nitrogens is 3. The maximum absolute atomic E-state index is 10.3. The summed E-state index contributed by atoms with van der Waals surface area (Å²) in [5, 5.41) is 39.9. The van der Waals surface area contributed by atoms with Crippen LogP contribution in [-0.4, -0.2) is 25.2 Å². The maximum atomic E-state index is 10.3. The number of hydrogen-bond donors (Lipinski definition) is 2. The Morgan fingerprint density at radius 1 is 0.871 bits per heavy atom. The maximum Gasteiger partial charge on any atom is 0.167 e. The Bertz CT molecular complexity index is 1250. The van der Waals surface area contributed by atoms with E-state index in [1.54, 1.807) is 61.5 Å². The van der Waals surface area contributed by atoms with Gasteiger partial charge in [0.1, 0.15) is 17.3 Å². The molecule has 0 radical (unpaired) electrons. The van der Waals surface area contributed by atoms with Gasteiger partial charge in [0.25, 0.3) is 0 Å². The first-order chi connectivity index (χ1) is 14.9. The zero-order valence-corrected chi connectivity index (χ0v) is 16.6. The first kappa shape index (κ1) is 19.8. The summed E-state index contributed by atoms with van der Waals surface area (Å²) < 4.78 is 0. The van der Waals surface area contributed by atoms with Gasteiger partial charge in [0.05, 0.1) is 34.6 Å². The number of phenols is 2. The second kappa shape index (κ2) is 7.74. The average Bonchev–Trinajstić information content (AvgIpc) is 2.79. The van der Waals surface area contributed by atoms with E-state index in [4.69, 9.17) is 0 Å². The summed E-state index contributed by atoms with van der Waals surface area (Å²) in [6.45, 7) is 1.74. The van der Waals surface area contributed by atoms with E-state index in [2.05, 4.69) is 27.1 Å². The fourth-order valence-corrected chi connectivity index (χ4v) is 3.40. The van der Waals surface area contributed by atoms with E-state index in [0.717, 1.165) is 0 Å². The van der Waals surface area contributed by atoms with Gasteiger partial charge >= 0.3 is 0 Å². The molecule has 0 aliphatic heterocycles. The predicted molar refractivity (Wildman–Crippen MR) is 113 cm³/mol. The van der Waals surface area contributed by atoms with Gasteiger partial charge in [0.2, 0.25) is 0 Å². The van der Waals surface area contributed by atoms with Crippen molar-refractivity contribution in [3.05, 3.63) is 78.2 Å². The number of nitrogens with zero attached hydrogens (tertiary/aromatic N) is 5. The summed E-state index contributed by atoms with van der Waals surface area (Å²) in [5.41, 5.74) is 0.175. The van der Waals surface area contributed by atoms with Crippen LogP contribution in [0.5, 0.6) is 11.5 Å². The Labute approximate surface area is 178 Å². The summed E-state index contributed by atoms with van der Waals surface area (Å²) in [4.78, 5) is 13.6. The van der Waals surface area contributed by atoms with Crippen molar-refractivity contribution in [1.82, 2.24) is 15.0 Å². The lowest BCUT2D eigenvalue weighted by Crippen LogP contribution is -2.25. The van der Waals surface area contributed by atoms with E-state index in [-0.39, 0.29) is 29.0 Å². The molecule has 1 heterocycles. The monoisotopic (exact) mass is 407 g/mol. The third-order valence-electron chi connectivity index (χ3n) is 5.19. The molecular formula is C24H17N5O2. The smallest absolute Gasteiger partial charge is 0.167 e. The Kier molecular flexibility index (Phi) is 4.94. The molecule has 0 saturated heterocycles. The van der Waals surface area contributed by atoms with Gasteiger partial charge in [0.15, 0.2) is 11.6 Å². The summed E-state index contributed by atoms with van der Waals surface area (Å²) in [7, 11) is 0. The predicted octanol–water partition coefficient (Wildman–Crippen LogP) is 4.25. The van der Waals surface area contributed by atoms with E-state index in [1.165, 1.54) is 12.1 Å². The molecule has 2 atom stereocenters. The second-order valence-electron chi connectivity index (χ2n) is 7.31. The summed E-state index contributed by atoms with van der Waals surface area (Å²) in [5.74, 6) is -0.00123. The van der Waals surface area contributed by atoms with Crippen LogP contribution < -0.4 is 0 Å². The van der Waals surface area contributed by atoms with E-state index in [1.807, 2.05) is 0 Å². The molecule has 4 rings (SSSR count). The molecule has 0 amide bonds. The van der Waals surface area contributed by atoms with E-state index < -0.39 is 11.3 Å². The van der Waals surface area contributed by atoms with E-state index >= 15 is 0 Å². The quantitative estimate of drug-likeness (QED) is 0.664. The van der Waals surface area contributed by atoms with Gasteiger partial charge in [-0.1, -0.05) is 36.4 Å². The second-order valence-corrected chi connectivity index (χ2v) is 7.31. The highest BCUT2D eigenvalue weighted by Gasteiger charge is 2.37. The number of rotatable bonds is 3. The molecule has 1 aromatic heterocycles. The van der Waals surface area contributed by atoms with Gasteiger partial charge < -0.3 is 10.2 Å². The topological polar surface area (TPSA) is 127 Å². The van der Waals surface area contributed by atoms with Crippen molar-refractivity contribution in [1.29, 1.82) is 10.5 Å². The summed E-state index contributed by atoms with van der Waals surface area (Å²) >= 11 is 0. The molecule has 0 saturated carbocycles. The van der Waals surface area contributed by atoms with Crippen LogP contribution in [0.2, 0.25) is 0 Å². The van der Waals surface area contributed by atoms with Crippen molar-refractivity contribution in [3.63, 3.8) is 0 Å². The first-order valence-electron chi connectivity index (χ1n) is 9.50. The van der Waals surface area contributed by atoms with Crippen molar-refractivity contribution >= 4 is 0 Å². The molecule has 1 aliphatic carbocycles. The molecule has 2 N–H and O–H groups in total. The van der Waals surface area contributed by atoms with Crippen LogP contribution in [0.1, 0.15) is 18.7 Å². The van der Waals surface area contributed by atoms with Crippen molar-refractivity contribution in [2.45, 2.75) is 12.8 Å². The molecule has 150 valence electrons. The lowest BCUT2D eigenvalue weighted by atomic mass is 9.73. The number of hydrogen-bond acceptors (Lipinski definition) is 7. The Hall–Kier alpha value is -4.49. The third kappa shape index (κ3) is 3.61. The highest BCUT2D eigenvalue weighted by molar-refractivity contribution is 5.68. The van der Waals surface area contributed by atoms with Gasteiger partial charge in [-0.3, -0.25) is 0 Å². The minimum atomic E-state index is -0.992. The van der Waals surface area contributed by atoms with Crippen LogP contribution in [0.25, 0.3) is 22.8 Å². The molecule has 0 spiro atoms. The highest BCUT2D eigenvalue weighted by atomic mass is 16.3. The molecule has 7 nitrogen and oxygen atoms in total. The number of nitriles is 2. The molecule has 1 aliphatic rings. The van der Waals surface area contributed by atoms with E-state index in [9.17, 15) is 20.7 Å². The van der Waals surface area contributed by atoms with Gasteiger partial charge in [-0.2, -0.15) is 10.5 Å². The standard InChI is InChI=1S/C24H17N5O2/c1-24(14-26)11-10-15(13-25)12-18(24)23-28-21(16-6-2-4-8-19(16)30)27-22(29-23)17-7-3-5-9-20(17)31/h2-12,18,30-31H,1H3. The lowest BCUT2D eigenvalue weighted by molar-refractivity contribution is 0.471. The fourth-order valence-electron chi connectivity index (χ4n) is 3.40. The lowest BCUT2D eigenvalue weighted by Gasteiger charge is -2.28. The van der Waals surface area contributed by atoms with Crippen LogP contribution >= 0.6 is 0 Å². The number of allylic oxidation sites excluding steroid dienone is 4. The first-order valence-corrected chi connectivity index (χ1v) is 9.50. The van der Waals surface area contributed by atoms with Crippen LogP contribution in [0, 0.1) is 28.1 Å². The van der Waals surface area contributed by atoms with Gasteiger partial charge in [-0.15, -0.1) is 0 Å².